The normalized spacial score (nSPS) is 21.5. The molecule has 3 heterocycles. The van der Waals surface area contributed by atoms with Crippen LogP contribution in [0.2, 0.25) is 0 Å². The van der Waals surface area contributed by atoms with Gasteiger partial charge in [0.1, 0.15) is 0 Å². The molecule has 1 aliphatic carbocycles. The average Bonchev–Trinajstić information content (AvgIpc) is 3.04. The third-order valence-electron chi connectivity index (χ3n) is 4.78. The average molecular weight is 331 g/mol. The highest BCUT2D eigenvalue weighted by Gasteiger charge is 2.30. The molecule has 124 valence electrons. The maximum Gasteiger partial charge on any atom is 0.0736 e. The molecule has 2 aromatic heterocycles. The molecule has 1 atom stereocenters. The first-order valence-electron chi connectivity index (χ1n) is 8.69. The Labute approximate surface area is 142 Å². The first-order chi connectivity index (χ1) is 11.3. The topological polar surface area (TPSA) is 30.3 Å². The Morgan fingerprint density at radius 3 is 3.04 bits per heavy atom. The van der Waals surface area contributed by atoms with Crippen LogP contribution >= 0.6 is 11.3 Å². The van der Waals surface area contributed by atoms with Gasteiger partial charge in [0.15, 0.2) is 0 Å². The van der Waals surface area contributed by atoms with Crippen molar-refractivity contribution in [2.75, 3.05) is 19.8 Å². The van der Waals surface area contributed by atoms with Crippen LogP contribution in [0.4, 0.5) is 0 Å². The molecule has 0 amide bonds. The van der Waals surface area contributed by atoms with E-state index in [0.29, 0.717) is 5.92 Å². The van der Waals surface area contributed by atoms with Gasteiger partial charge in [0, 0.05) is 50.5 Å². The van der Waals surface area contributed by atoms with Crippen LogP contribution in [0.15, 0.2) is 23.0 Å². The smallest absolute Gasteiger partial charge is 0.0736 e. The molecule has 0 saturated heterocycles. The molecule has 1 unspecified atom stereocenters. The SMILES string of the molecule is CCOCC1CN(Cc2ccsc2)Cc2cn(CC3CC3)nc21. The number of fused-ring (bicyclic) bond motifs is 1. The van der Waals surface area contributed by atoms with Crippen molar-refractivity contribution in [3.8, 4) is 0 Å². The Morgan fingerprint density at radius 2 is 2.30 bits per heavy atom. The van der Waals surface area contributed by atoms with Gasteiger partial charge < -0.3 is 4.74 Å². The summed E-state index contributed by atoms with van der Waals surface area (Å²) in [5.74, 6) is 1.27. The van der Waals surface area contributed by atoms with E-state index >= 15 is 0 Å². The number of ether oxygens (including phenoxy) is 1. The highest BCUT2D eigenvalue weighted by molar-refractivity contribution is 7.07. The Morgan fingerprint density at radius 1 is 1.39 bits per heavy atom. The second kappa shape index (κ2) is 6.75. The van der Waals surface area contributed by atoms with E-state index in [1.54, 1.807) is 11.3 Å². The van der Waals surface area contributed by atoms with Crippen molar-refractivity contribution in [1.82, 2.24) is 14.7 Å². The van der Waals surface area contributed by atoms with E-state index in [9.17, 15) is 0 Å². The highest BCUT2D eigenvalue weighted by Crippen LogP contribution is 2.33. The van der Waals surface area contributed by atoms with Gasteiger partial charge in [-0.2, -0.15) is 16.4 Å². The number of hydrogen-bond acceptors (Lipinski definition) is 4. The highest BCUT2D eigenvalue weighted by atomic mass is 32.1. The minimum atomic E-state index is 0.401. The third kappa shape index (κ3) is 3.67. The quantitative estimate of drug-likeness (QED) is 0.778. The van der Waals surface area contributed by atoms with Crippen molar-refractivity contribution < 1.29 is 4.74 Å². The van der Waals surface area contributed by atoms with Crippen molar-refractivity contribution in [2.45, 2.75) is 45.3 Å². The first-order valence-corrected chi connectivity index (χ1v) is 9.63. The summed E-state index contributed by atoms with van der Waals surface area (Å²) in [6.07, 6.45) is 5.03. The van der Waals surface area contributed by atoms with Gasteiger partial charge in [-0.1, -0.05) is 0 Å². The van der Waals surface area contributed by atoms with Crippen LogP contribution in [0.25, 0.3) is 0 Å². The number of hydrogen-bond donors (Lipinski definition) is 0. The summed E-state index contributed by atoms with van der Waals surface area (Å²) in [6, 6.07) is 2.23. The largest absolute Gasteiger partial charge is 0.381 e. The van der Waals surface area contributed by atoms with Crippen molar-refractivity contribution in [1.29, 1.82) is 0 Å². The Hall–Kier alpha value is -1.17. The molecular formula is C18H25N3OS. The summed E-state index contributed by atoms with van der Waals surface area (Å²) in [6.45, 7) is 7.81. The molecule has 1 fully saturated rings. The van der Waals surface area contributed by atoms with Crippen LogP contribution in [-0.2, 0) is 24.4 Å². The standard InChI is InChI=1S/C18H25N3OS/c1-2-22-12-17-10-20(7-15-5-6-23-13-15)9-16-11-21(19-18(16)17)8-14-3-4-14/h5-6,11,13-14,17H,2-4,7-10,12H2,1H3. The van der Waals surface area contributed by atoms with E-state index < -0.39 is 0 Å². The fourth-order valence-electron chi connectivity index (χ4n) is 3.46. The van der Waals surface area contributed by atoms with E-state index in [1.807, 2.05) is 0 Å². The molecule has 0 spiro atoms. The summed E-state index contributed by atoms with van der Waals surface area (Å²) in [7, 11) is 0. The van der Waals surface area contributed by atoms with Crippen LogP contribution in [0, 0.1) is 5.92 Å². The second-order valence-electron chi connectivity index (χ2n) is 6.86. The molecule has 2 aliphatic rings. The van der Waals surface area contributed by atoms with Gasteiger partial charge in [0.05, 0.1) is 12.3 Å². The fourth-order valence-corrected chi connectivity index (χ4v) is 4.12. The lowest BCUT2D eigenvalue weighted by atomic mass is 9.97. The van der Waals surface area contributed by atoms with E-state index in [-0.39, 0.29) is 0 Å². The fraction of sp³-hybridized carbons (Fsp3) is 0.611. The van der Waals surface area contributed by atoms with Crippen molar-refractivity contribution in [2.24, 2.45) is 5.92 Å². The van der Waals surface area contributed by atoms with Crippen LogP contribution < -0.4 is 0 Å². The van der Waals surface area contributed by atoms with Crippen LogP contribution in [-0.4, -0.2) is 34.4 Å². The van der Waals surface area contributed by atoms with Crippen LogP contribution in [0.3, 0.4) is 0 Å². The predicted octanol–water partition coefficient (Wildman–Crippen LogP) is 3.49. The van der Waals surface area contributed by atoms with Crippen LogP contribution in [0.5, 0.6) is 0 Å². The molecule has 23 heavy (non-hydrogen) atoms. The zero-order valence-corrected chi connectivity index (χ0v) is 14.6. The third-order valence-corrected chi connectivity index (χ3v) is 5.51. The lowest BCUT2D eigenvalue weighted by molar-refractivity contribution is 0.104. The zero-order valence-electron chi connectivity index (χ0n) is 13.8. The van der Waals surface area contributed by atoms with E-state index in [2.05, 4.69) is 39.5 Å². The maximum atomic E-state index is 5.74. The maximum absolute atomic E-state index is 5.74. The molecule has 0 bridgehead atoms. The molecule has 4 rings (SSSR count). The second-order valence-corrected chi connectivity index (χ2v) is 7.64. The molecule has 1 saturated carbocycles. The molecule has 0 aromatic carbocycles. The number of nitrogens with zero attached hydrogens (tertiary/aromatic N) is 3. The van der Waals surface area contributed by atoms with E-state index in [0.717, 1.165) is 45.3 Å². The Kier molecular flexibility index (Phi) is 4.51. The van der Waals surface area contributed by atoms with Gasteiger partial charge in [0.25, 0.3) is 0 Å². The summed E-state index contributed by atoms with van der Waals surface area (Å²) in [5.41, 5.74) is 4.09. The van der Waals surface area contributed by atoms with Gasteiger partial charge in [-0.25, -0.2) is 0 Å². The molecule has 1 aliphatic heterocycles. The number of aromatic nitrogens is 2. The van der Waals surface area contributed by atoms with Gasteiger partial charge in [-0.05, 0) is 48.1 Å². The van der Waals surface area contributed by atoms with Gasteiger partial charge in [-0.3, -0.25) is 9.58 Å². The van der Waals surface area contributed by atoms with Crippen molar-refractivity contribution >= 4 is 11.3 Å². The minimum Gasteiger partial charge on any atom is -0.381 e. The number of rotatable bonds is 7. The summed E-state index contributed by atoms with van der Waals surface area (Å²) < 4.78 is 7.93. The molecule has 0 N–H and O–H groups in total. The molecule has 5 heteroatoms. The van der Waals surface area contributed by atoms with Gasteiger partial charge in [0.2, 0.25) is 0 Å². The lowest BCUT2D eigenvalue weighted by Gasteiger charge is -2.31. The molecule has 0 radical (unpaired) electrons. The number of thiophene rings is 1. The van der Waals surface area contributed by atoms with Gasteiger partial charge in [-0.15, -0.1) is 0 Å². The van der Waals surface area contributed by atoms with Crippen molar-refractivity contribution in [3.05, 3.63) is 39.8 Å². The van der Waals surface area contributed by atoms with E-state index in [1.165, 1.54) is 29.7 Å². The van der Waals surface area contributed by atoms with E-state index in [4.69, 9.17) is 9.84 Å². The summed E-state index contributed by atoms with van der Waals surface area (Å²) >= 11 is 1.78. The predicted molar refractivity (Wildman–Crippen MR) is 92.6 cm³/mol. The van der Waals surface area contributed by atoms with Crippen molar-refractivity contribution in [3.63, 3.8) is 0 Å². The zero-order chi connectivity index (χ0) is 15.6. The molecular weight excluding hydrogens is 306 g/mol. The molecule has 4 nitrogen and oxygen atoms in total. The lowest BCUT2D eigenvalue weighted by Crippen LogP contribution is -2.34. The van der Waals surface area contributed by atoms with Crippen LogP contribution in [0.1, 0.15) is 42.5 Å². The van der Waals surface area contributed by atoms with Gasteiger partial charge >= 0.3 is 0 Å². The summed E-state index contributed by atoms with van der Waals surface area (Å²) in [5, 5.41) is 9.33. The Bertz CT molecular complexity index is 633. The minimum absolute atomic E-state index is 0.401. The first kappa shape index (κ1) is 15.4. The monoisotopic (exact) mass is 331 g/mol. The Balaban J connectivity index is 1.51. The molecule has 2 aromatic rings. The summed E-state index contributed by atoms with van der Waals surface area (Å²) in [4.78, 5) is 2.54.